The van der Waals surface area contributed by atoms with Gasteiger partial charge in [0.1, 0.15) is 6.67 Å². The van der Waals surface area contributed by atoms with Gasteiger partial charge in [-0.25, -0.2) is 4.39 Å². The normalized spacial score (nSPS) is 16.7. The van der Waals surface area contributed by atoms with Gasteiger partial charge in [-0.2, -0.15) is 0 Å². The minimum Gasteiger partial charge on any atom is -0.347 e. The molecule has 104 valence electrons. The summed E-state index contributed by atoms with van der Waals surface area (Å²) in [4.78, 5) is 14.0. The fraction of sp³-hybridized carbons (Fsp3) is 0.533. The van der Waals surface area contributed by atoms with Gasteiger partial charge in [-0.15, -0.1) is 0 Å². The summed E-state index contributed by atoms with van der Waals surface area (Å²) in [6, 6.07) is 7.09. The van der Waals surface area contributed by atoms with E-state index in [0.717, 1.165) is 30.8 Å². The second-order valence-corrected chi connectivity index (χ2v) is 5.13. The maximum Gasteiger partial charge on any atom is 0.221 e. The van der Waals surface area contributed by atoms with Crippen LogP contribution in [0.5, 0.6) is 0 Å². The van der Waals surface area contributed by atoms with Crippen molar-refractivity contribution in [1.82, 2.24) is 10.2 Å². The Morgan fingerprint density at radius 1 is 1.37 bits per heavy atom. The number of carbonyl (C=O) groups excluding carboxylic acids is 1. The number of nitrogens with one attached hydrogen (secondary N) is 1. The van der Waals surface area contributed by atoms with E-state index >= 15 is 0 Å². The van der Waals surface area contributed by atoms with E-state index in [4.69, 9.17) is 0 Å². The lowest BCUT2D eigenvalue weighted by atomic mass is 10.1. The third kappa shape index (κ3) is 4.03. The quantitative estimate of drug-likeness (QED) is 0.854. The predicted molar refractivity (Wildman–Crippen MR) is 73.7 cm³/mol. The summed E-state index contributed by atoms with van der Waals surface area (Å²) in [6.07, 6.45) is 1.67. The van der Waals surface area contributed by atoms with Gasteiger partial charge in [0.05, 0.1) is 6.04 Å². The average molecular weight is 264 g/mol. The summed E-state index contributed by atoms with van der Waals surface area (Å²) in [7, 11) is 0. The molecule has 1 fully saturated rings. The fourth-order valence-electron chi connectivity index (χ4n) is 2.14. The van der Waals surface area contributed by atoms with Gasteiger partial charge in [0.2, 0.25) is 5.91 Å². The van der Waals surface area contributed by atoms with Crippen molar-refractivity contribution < 1.29 is 9.18 Å². The Balaban J connectivity index is 1.83. The van der Waals surface area contributed by atoms with Crippen LogP contribution < -0.4 is 5.32 Å². The highest BCUT2D eigenvalue weighted by Gasteiger charge is 2.17. The molecule has 0 bridgehead atoms. The molecule has 3 nitrogen and oxygen atoms in total. The molecule has 0 saturated carbocycles. The van der Waals surface area contributed by atoms with Gasteiger partial charge >= 0.3 is 0 Å². The summed E-state index contributed by atoms with van der Waals surface area (Å²) in [5, 5.41) is 2.77. The van der Waals surface area contributed by atoms with Gasteiger partial charge < -0.3 is 10.2 Å². The van der Waals surface area contributed by atoms with Crippen LogP contribution in [0.3, 0.4) is 0 Å². The fourth-order valence-corrected chi connectivity index (χ4v) is 2.14. The van der Waals surface area contributed by atoms with E-state index in [1.165, 1.54) is 6.42 Å². The van der Waals surface area contributed by atoms with Crippen molar-refractivity contribution in [2.24, 2.45) is 0 Å². The van der Waals surface area contributed by atoms with Gasteiger partial charge in [-0.1, -0.05) is 29.8 Å². The Bertz CT molecular complexity index is 415. The van der Waals surface area contributed by atoms with E-state index in [1.54, 1.807) is 0 Å². The van der Waals surface area contributed by atoms with E-state index in [-0.39, 0.29) is 5.91 Å². The van der Waals surface area contributed by atoms with Crippen LogP contribution in [0.4, 0.5) is 4.39 Å². The molecule has 2 rings (SSSR count). The number of likely N-dealkylation sites (tertiary alicyclic amines) is 1. The molecule has 1 atom stereocenters. The second kappa shape index (κ2) is 6.66. The molecule has 1 heterocycles. The number of aryl methyl sites for hydroxylation is 1. The lowest BCUT2D eigenvalue weighted by molar-refractivity contribution is -0.122. The van der Waals surface area contributed by atoms with Crippen molar-refractivity contribution in [3.8, 4) is 0 Å². The van der Waals surface area contributed by atoms with E-state index in [2.05, 4.69) is 10.2 Å². The minimum absolute atomic E-state index is 0.0740. The first-order valence-electron chi connectivity index (χ1n) is 6.83. The molecule has 0 aromatic heterocycles. The van der Waals surface area contributed by atoms with Gasteiger partial charge in [-0.05, 0) is 32.0 Å². The zero-order valence-corrected chi connectivity index (χ0v) is 11.4. The number of carbonyl (C=O) groups is 1. The zero-order chi connectivity index (χ0) is 13.7. The molecule has 1 amide bonds. The highest BCUT2D eigenvalue weighted by atomic mass is 19.1. The van der Waals surface area contributed by atoms with E-state index in [0.29, 0.717) is 6.42 Å². The Kier molecular flexibility index (Phi) is 4.91. The van der Waals surface area contributed by atoms with Gasteiger partial charge in [0.25, 0.3) is 0 Å². The lowest BCUT2D eigenvalue weighted by Crippen LogP contribution is -2.40. The van der Waals surface area contributed by atoms with Crippen molar-refractivity contribution in [3.63, 3.8) is 0 Å². The van der Waals surface area contributed by atoms with Crippen molar-refractivity contribution in [2.45, 2.75) is 25.8 Å². The van der Waals surface area contributed by atoms with Crippen LogP contribution in [0.2, 0.25) is 0 Å². The molecule has 1 aromatic rings. The molecule has 0 spiro atoms. The lowest BCUT2D eigenvalue weighted by Gasteiger charge is -2.30. The minimum atomic E-state index is -0.571. The standard InChI is InChI=1S/C15H21FN2O/c1-12-3-5-13(6-4-12)14(11-16)17-15(19)7-10-18-8-2-9-18/h3-6,14H,2,7-11H2,1H3,(H,17,19)/t14-/m1/s1. The molecule has 0 radical (unpaired) electrons. The van der Waals surface area contributed by atoms with Crippen LogP contribution in [0.15, 0.2) is 24.3 Å². The molecule has 1 saturated heterocycles. The molecule has 0 aliphatic carbocycles. The van der Waals surface area contributed by atoms with Gasteiger partial charge in [0, 0.05) is 13.0 Å². The largest absolute Gasteiger partial charge is 0.347 e. The summed E-state index contributed by atoms with van der Waals surface area (Å²) >= 11 is 0. The first-order chi connectivity index (χ1) is 9.19. The number of amides is 1. The summed E-state index contributed by atoms with van der Waals surface area (Å²) in [5.41, 5.74) is 1.95. The summed E-state index contributed by atoms with van der Waals surface area (Å²) < 4.78 is 13.1. The van der Waals surface area contributed by atoms with E-state index in [1.807, 2.05) is 31.2 Å². The van der Waals surface area contributed by atoms with Crippen LogP contribution in [0.25, 0.3) is 0 Å². The number of benzene rings is 1. The number of nitrogens with zero attached hydrogens (tertiary/aromatic N) is 1. The number of hydrogen-bond acceptors (Lipinski definition) is 2. The Labute approximate surface area is 113 Å². The average Bonchev–Trinajstić information content (AvgIpc) is 2.35. The van der Waals surface area contributed by atoms with Crippen molar-refractivity contribution in [1.29, 1.82) is 0 Å². The molecule has 4 heteroatoms. The van der Waals surface area contributed by atoms with Crippen LogP contribution in [-0.4, -0.2) is 37.1 Å². The summed E-state index contributed by atoms with van der Waals surface area (Å²) in [5.74, 6) is -0.0740. The maximum atomic E-state index is 13.1. The Morgan fingerprint density at radius 3 is 2.58 bits per heavy atom. The topological polar surface area (TPSA) is 32.3 Å². The second-order valence-electron chi connectivity index (χ2n) is 5.13. The Hall–Kier alpha value is -1.42. The third-order valence-electron chi connectivity index (χ3n) is 3.57. The van der Waals surface area contributed by atoms with Crippen LogP contribution in [0.1, 0.15) is 30.0 Å². The van der Waals surface area contributed by atoms with Gasteiger partial charge in [0.15, 0.2) is 0 Å². The van der Waals surface area contributed by atoms with Crippen LogP contribution in [0, 0.1) is 6.92 Å². The van der Waals surface area contributed by atoms with Crippen molar-refractivity contribution >= 4 is 5.91 Å². The highest BCUT2D eigenvalue weighted by molar-refractivity contribution is 5.76. The molecule has 0 unspecified atom stereocenters. The first-order valence-corrected chi connectivity index (χ1v) is 6.83. The smallest absolute Gasteiger partial charge is 0.221 e. The Morgan fingerprint density at radius 2 is 2.05 bits per heavy atom. The van der Waals surface area contributed by atoms with Crippen LogP contribution in [-0.2, 0) is 4.79 Å². The van der Waals surface area contributed by atoms with Crippen molar-refractivity contribution in [3.05, 3.63) is 35.4 Å². The van der Waals surface area contributed by atoms with Crippen molar-refractivity contribution in [2.75, 3.05) is 26.3 Å². The molecule has 1 N–H and O–H groups in total. The molecule has 1 aliphatic rings. The molecular weight excluding hydrogens is 243 g/mol. The van der Waals surface area contributed by atoms with E-state index in [9.17, 15) is 9.18 Å². The maximum absolute atomic E-state index is 13.1. The number of hydrogen-bond donors (Lipinski definition) is 1. The molecule has 1 aromatic carbocycles. The SMILES string of the molecule is Cc1ccc([C@@H](CF)NC(=O)CCN2CCC2)cc1. The monoisotopic (exact) mass is 264 g/mol. The first kappa shape index (κ1) is 14.0. The molecule has 1 aliphatic heterocycles. The number of rotatable bonds is 6. The molecular formula is C15H21FN2O. The van der Waals surface area contributed by atoms with E-state index < -0.39 is 12.7 Å². The number of halogens is 1. The number of alkyl halides is 1. The van der Waals surface area contributed by atoms with Crippen LogP contribution >= 0.6 is 0 Å². The summed E-state index contributed by atoms with van der Waals surface area (Å²) in [6.45, 7) is 4.35. The zero-order valence-electron chi connectivity index (χ0n) is 11.4. The highest BCUT2D eigenvalue weighted by Crippen LogP contribution is 2.15. The molecule has 19 heavy (non-hydrogen) atoms. The van der Waals surface area contributed by atoms with Gasteiger partial charge in [-0.3, -0.25) is 4.79 Å². The predicted octanol–water partition coefficient (Wildman–Crippen LogP) is 2.22. The third-order valence-corrected chi connectivity index (χ3v) is 3.57.